The average Bonchev–Trinajstić information content (AvgIpc) is 2.84. The molecule has 0 unspecified atom stereocenters. The molecule has 1 aromatic carbocycles. The number of nitrogens with zero attached hydrogens (tertiary/aromatic N) is 4. The fourth-order valence-electron chi connectivity index (χ4n) is 3.70. The quantitative estimate of drug-likeness (QED) is 0.276. The van der Waals surface area contributed by atoms with Gasteiger partial charge < -0.3 is 10.2 Å². The number of carbonyl (C=O) groups excluding carboxylic acids is 1. The number of piperidine rings is 1. The molecular weight excluding hydrogens is 454 g/mol. The van der Waals surface area contributed by atoms with Crippen LogP contribution in [-0.4, -0.2) is 40.5 Å². The Labute approximate surface area is 204 Å². The number of aromatic nitrogens is 3. The summed E-state index contributed by atoms with van der Waals surface area (Å²) in [4.78, 5) is 28.1. The Hall–Kier alpha value is -2.64. The predicted molar refractivity (Wildman–Crippen MR) is 134 cm³/mol. The smallest absolute Gasteiger partial charge is 0.251 e. The molecule has 172 valence electrons. The zero-order valence-corrected chi connectivity index (χ0v) is 20.3. The van der Waals surface area contributed by atoms with Gasteiger partial charge in [0.1, 0.15) is 11.0 Å². The highest BCUT2D eigenvalue weighted by Gasteiger charge is 2.18. The van der Waals surface area contributed by atoms with Crippen molar-refractivity contribution < 1.29 is 4.79 Å². The number of benzene rings is 1. The summed E-state index contributed by atoms with van der Waals surface area (Å²) in [5, 5.41) is 4.09. The molecule has 0 saturated carbocycles. The fourth-order valence-corrected chi connectivity index (χ4v) is 4.74. The van der Waals surface area contributed by atoms with Crippen LogP contribution in [-0.2, 0) is 12.2 Å². The van der Waals surface area contributed by atoms with Crippen LogP contribution in [0.3, 0.4) is 0 Å². The second-order valence-corrected chi connectivity index (χ2v) is 9.64. The number of anilines is 1. The zero-order valence-electron chi connectivity index (χ0n) is 18.7. The van der Waals surface area contributed by atoms with Gasteiger partial charge in [0, 0.05) is 55.3 Å². The van der Waals surface area contributed by atoms with Crippen molar-refractivity contribution in [1.29, 1.82) is 0 Å². The number of carbonyl (C=O) groups is 1. The summed E-state index contributed by atoms with van der Waals surface area (Å²) in [7, 11) is 0. The van der Waals surface area contributed by atoms with Crippen molar-refractivity contribution in [1.82, 2.24) is 20.3 Å². The molecule has 0 radical (unpaired) electrons. The number of rotatable bonds is 8. The van der Waals surface area contributed by atoms with Crippen LogP contribution in [0, 0.1) is 5.92 Å². The van der Waals surface area contributed by atoms with E-state index in [4.69, 9.17) is 16.6 Å². The lowest BCUT2D eigenvalue weighted by molar-refractivity contribution is 0.0954. The second-order valence-electron chi connectivity index (χ2n) is 8.31. The van der Waals surface area contributed by atoms with E-state index in [-0.39, 0.29) is 5.91 Å². The van der Waals surface area contributed by atoms with E-state index in [1.54, 1.807) is 18.0 Å². The van der Waals surface area contributed by atoms with Crippen molar-refractivity contribution in [2.45, 2.75) is 37.1 Å². The highest BCUT2D eigenvalue weighted by atomic mass is 35.5. The summed E-state index contributed by atoms with van der Waals surface area (Å²) < 4.78 is 0. The van der Waals surface area contributed by atoms with Crippen LogP contribution in [0.1, 0.15) is 41.4 Å². The molecule has 3 heterocycles. The monoisotopic (exact) mass is 481 g/mol. The Morgan fingerprint density at radius 2 is 1.94 bits per heavy atom. The topological polar surface area (TPSA) is 71.0 Å². The summed E-state index contributed by atoms with van der Waals surface area (Å²) in [6.07, 6.45) is 4.82. The van der Waals surface area contributed by atoms with E-state index >= 15 is 0 Å². The van der Waals surface area contributed by atoms with E-state index in [0.717, 1.165) is 36.1 Å². The first kappa shape index (κ1) is 23.5. The SMILES string of the molecule is CC1CCN(c2cc(Cl)nc(SCc3ccc(C(=O)NCCc4ccccn4)cc3)n2)CC1. The van der Waals surface area contributed by atoms with E-state index in [1.807, 2.05) is 48.5 Å². The van der Waals surface area contributed by atoms with Gasteiger partial charge in [0.25, 0.3) is 5.91 Å². The summed E-state index contributed by atoms with van der Waals surface area (Å²) in [6, 6.07) is 15.3. The van der Waals surface area contributed by atoms with Gasteiger partial charge in [-0.3, -0.25) is 9.78 Å². The minimum atomic E-state index is -0.0798. The average molecular weight is 482 g/mol. The minimum Gasteiger partial charge on any atom is -0.356 e. The van der Waals surface area contributed by atoms with Crippen LogP contribution < -0.4 is 10.2 Å². The van der Waals surface area contributed by atoms with Crippen LogP contribution in [0.5, 0.6) is 0 Å². The molecule has 0 aliphatic carbocycles. The zero-order chi connectivity index (χ0) is 23.0. The van der Waals surface area contributed by atoms with Crippen molar-refractivity contribution in [3.8, 4) is 0 Å². The molecule has 6 nitrogen and oxygen atoms in total. The number of halogens is 1. The maximum atomic E-state index is 12.4. The molecule has 1 aliphatic rings. The van der Waals surface area contributed by atoms with Crippen LogP contribution in [0.4, 0.5) is 5.82 Å². The second kappa shape index (κ2) is 11.5. The molecule has 3 aromatic rings. The summed E-state index contributed by atoms with van der Waals surface area (Å²) in [5.74, 6) is 2.29. The third-order valence-corrected chi connectivity index (χ3v) is 6.86. The molecule has 0 spiro atoms. The third-order valence-electron chi connectivity index (χ3n) is 5.75. The first-order valence-electron chi connectivity index (χ1n) is 11.3. The lowest BCUT2D eigenvalue weighted by atomic mass is 9.99. The molecule has 1 amide bonds. The van der Waals surface area contributed by atoms with Crippen LogP contribution in [0.2, 0.25) is 5.15 Å². The van der Waals surface area contributed by atoms with E-state index in [9.17, 15) is 4.79 Å². The Morgan fingerprint density at radius 3 is 2.67 bits per heavy atom. The lowest BCUT2D eigenvalue weighted by Gasteiger charge is -2.31. The standard InChI is InChI=1S/C25H28ClN5OS/c1-18-10-14-31(15-11-18)23-16-22(26)29-25(30-23)33-17-19-5-7-20(8-6-19)24(32)28-13-9-21-4-2-3-12-27-21/h2-8,12,16,18H,9-11,13-15,17H2,1H3,(H,28,32). The molecular formula is C25H28ClN5OS. The van der Waals surface area contributed by atoms with E-state index < -0.39 is 0 Å². The fraction of sp³-hybridized carbons (Fsp3) is 0.360. The number of nitrogens with one attached hydrogen (secondary N) is 1. The molecule has 0 atom stereocenters. The van der Waals surface area contributed by atoms with Crippen molar-refractivity contribution in [2.24, 2.45) is 5.92 Å². The van der Waals surface area contributed by atoms with Gasteiger partial charge in [0.2, 0.25) is 0 Å². The predicted octanol–water partition coefficient (Wildman–Crippen LogP) is 5.03. The van der Waals surface area contributed by atoms with E-state index in [0.29, 0.717) is 34.6 Å². The maximum Gasteiger partial charge on any atom is 0.251 e. The summed E-state index contributed by atoms with van der Waals surface area (Å²) in [5.41, 5.74) is 2.71. The highest BCUT2D eigenvalue weighted by Crippen LogP contribution is 2.27. The summed E-state index contributed by atoms with van der Waals surface area (Å²) >= 11 is 7.83. The number of hydrogen-bond donors (Lipinski definition) is 1. The van der Waals surface area contributed by atoms with Gasteiger partial charge in [-0.2, -0.15) is 0 Å². The first-order valence-corrected chi connectivity index (χ1v) is 12.6. The van der Waals surface area contributed by atoms with Gasteiger partial charge in [0.05, 0.1) is 0 Å². The van der Waals surface area contributed by atoms with Gasteiger partial charge in [-0.1, -0.05) is 48.5 Å². The number of amides is 1. The van der Waals surface area contributed by atoms with E-state index in [2.05, 4.69) is 27.1 Å². The molecule has 4 rings (SSSR count). The number of hydrogen-bond acceptors (Lipinski definition) is 6. The lowest BCUT2D eigenvalue weighted by Crippen LogP contribution is -2.33. The number of pyridine rings is 1. The third kappa shape index (κ3) is 6.92. The summed E-state index contributed by atoms with van der Waals surface area (Å²) in [6.45, 7) is 4.86. The molecule has 0 bridgehead atoms. The molecule has 2 aromatic heterocycles. The Kier molecular flexibility index (Phi) is 8.18. The van der Waals surface area contributed by atoms with Crippen molar-refractivity contribution >= 4 is 35.1 Å². The molecule has 1 fully saturated rings. The maximum absolute atomic E-state index is 12.4. The van der Waals surface area contributed by atoms with Gasteiger partial charge in [0.15, 0.2) is 5.16 Å². The minimum absolute atomic E-state index is 0.0798. The van der Waals surface area contributed by atoms with Crippen LogP contribution in [0.25, 0.3) is 0 Å². The molecule has 8 heteroatoms. The van der Waals surface area contributed by atoms with Crippen molar-refractivity contribution in [3.05, 3.63) is 76.7 Å². The largest absolute Gasteiger partial charge is 0.356 e. The highest BCUT2D eigenvalue weighted by molar-refractivity contribution is 7.98. The van der Waals surface area contributed by atoms with Gasteiger partial charge in [-0.25, -0.2) is 9.97 Å². The Morgan fingerprint density at radius 1 is 1.15 bits per heavy atom. The van der Waals surface area contributed by atoms with Crippen molar-refractivity contribution in [2.75, 3.05) is 24.5 Å². The van der Waals surface area contributed by atoms with Gasteiger partial charge in [-0.15, -0.1) is 0 Å². The van der Waals surface area contributed by atoms with Crippen LogP contribution in [0.15, 0.2) is 59.9 Å². The van der Waals surface area contributed by atoms with Gasteiger partial charge in [-0.05, 0) is 48.6 Å². The van der Waals surface area contributed by atoms with Crippen molar-refractivity contribution in [3.63, 3.8) is 0 Å². The molecule has 1 saturated heterocycles. The van der Waals surface area contributed by atoms with E-state index in [1.165, 1.54) is 12.8 Å². The Balaban J connectivity index is 1.29. The normalized spacial score (nSPS) is 14.3. The Bertz CT molecular complexity index is 1060. The molecule has 1 N–H and O–H groups in total. The molecule has 33 heavy (non-hydrogen) atoms. The van der Waals surface area contributed by atoms with Crippen LogP contribution >= 0.6 is 23.4 Å². The molecule has 1 aliphatic heterocycles. The number of thioether (sulfide) groups is 1. The first-order chi connectivity index (χ1) is 16.1. The van der Waals surface area contributed by atoms with Gasteiger partial charge >= 0.3 is 0 Å².